The third kappa shape index (κ3) is 3.78. The number of esters is 1. The second-order valence-corrected chi connectivity index (χ2v) is 6.08. The van der Waals surface area contributed by atoms with Gasteiger partial charge in [-0.25, -0.2) is 9.59 Å². The number of methoxy groups -OCH3 is 3. The fourth-order valence-corrected chi connectivity index (χ4v) is 2.88. The predicted molar refractivity (Wildman–Crippen MR) is 102 cm³/mol. The summed E-state index contributed by atoms with van der Waals surface area (Å²) in [6, 6.07) is 9.82. The van der Waals surface area contributed by atoms with E-state index in [0.29, 0.717) is 33.8 Å². The van der Waals surface area contributed by atoms with Crippen LogP contribution in [0.25, 0.3) is 11.0 Å². The van der Waals surface area contributed by atoms with Gasteiger partial charge in [-0.15, -0.1) is 0 Å². The van der Waals surface area contributed by atoms with Crippen molar-refractivity contribution in [3.05, 3.63) is 63.5 Å². The van der Waals surface area contributed by atoms with Gasteiger partial charge < -0.3 is 23.4 Å². The number of carbonyl (C=O) groups is 1. The highest BCUT2D eigenvalue weighted by Gasteiger charge is 2.18. The molecule has 1 aromatic heterocycles. The van der Waals surface area contributed by atoms with E-state index in [1.165, 1.54) is 39.5 Å². The molecule has 0 unspecified atom stereocenters. The summed E-state index contributed by atoms with van der Waals surface area (Å²) < 4.78 is 26.4. The van der Waals surface area contributed by atoms with Gasteiger partial charge in [0.15, 0.2) is 11.5 Å². The Balaban J connectivity index is 1.89. The van der Waals surface area contributed by atoms with Crippen molar-refractivity contribution in [2.24, 2.45) is 0 Å². The molecule has 0 fully saturated rings. The van der Waals surface area contributed by atoms with Crippen LogP contribution in [0.3, 0.4) is 0 Å². The van der Waals surface area contributed by atoms with Gasteiger partial charge in [-0.1, -0.05) is 12.1 Å². The van der Waals surface area contributed by atoms with Crippen molar-refractivity contribution in [2.75, 3.05) is 21.3 Å². The lowest BCUT2D eigenvalue weighted by atomic mass is 10.1. The number of rotatable bonds is 6. The second kappa shape index (κ2) is 8.04. The molecule has 7 nitrogen and oxygen atoms in total. The standard InChI is InChI=1S/C21H20O7/c1-12-5-6-15-14(10-19(22)28-16(15)7-12)11-27-21(23)13-8-17(24-2)20(26-4)18(9-13)25-3/h5-10H,11H2,1-4H3. The van der Waals surface area contributed by atoms with Gasteiger partial charge in [0.1, 0.15) is 12.2 Å². The zero-order valence-electron chi connectivity index (χ0n) is 16.0. The van der Waals surface area contributed by atoms with E-state index in [9.17, 15) is 9.59 Å². The third-order valence-corrected chi connectivity index (χ3v) is 4.24. The van der Waals surface area contributed by atoms with Crippen molar-refractivity contribution >= 4 is 16.9 Å². The summed E-state index contributed by atoms with van der Waals surface area (Å²) in [6.45, 7) is 1.82. The smallest absolute Gasteiger partial charge is 0.338 e. The summed E-state index contributed by atoms with van der Waals surface area (Å²) >= 11 is 0. The van der Waals surface area contributed by atoms with E-state index in [1.54, 1.807) is 6.07 Å². The predicted octanol–water partition coefficient (Wildman–Crippen LogP) is 3.48. The van der Waals surface area contributed by atoms with Crippen molar-refractivity contribution < 1.29 is 28.2 Å². The minimum atomic E-state index is -0.590. The second-order valence-electron chi connectivity index (χ2n) is 6.08. The van der Waals surface area contributed by atoms with E-state index in [0.717, 1.165) is 5.56 Å². The molecule has 0 aliphatic heterocycles. The molecule has 0 N–H and O–H groups in total. The molecule has 28 heavy (non-hydrogen) atoms. The average molecular weight is 384 g/mol. The molecule has 2 aromatic carbocycles. The summed E-state index contributed by atoms with van der Waals surface area (Å²) in [4.78, 5) is 24.4. The van der Waals surface area contributed by atoms with Gasteiger partial charge in [0, 0.05) is 17.0 Å². The molecule has 0 atom stereocenters. The Hall–Kier alpha value is -3.48. The molecule has 0 aliphatic rings. The number of carbonyl (C=O) groups excluding carboxylic acids is 1. The van der Waals surface area contributed by atoms with Crippen LogP contribution in [0.5, 0.6) is 17.2 Å². The van der Waals surface area contributed by atoms with Gasteiger partial charge in [-0.3, -0.25) is 0 Å². The Kier molecular flexibility index (Phi) is 5.54. The minimum Gasteiger partial charge on any atom is -0.493 e. The monoisotopic (exact) mass is 384 g/mol. The third-order valence-electron chi connectivity index (χ3n) is 4.24. The quantitative estimate of drug-likeness (QED) is 0.475. The maximum Gasteiger partial charge on any atom is 0.338 e. The maximum atomic E-state index is 12.6. The molecule has 0 radical (unpaired) electrons. The molecule has 0 bridgehead atoms. The van der Waals surface area contributed by atoms with Gasteiger partial charge in [-0.2, -0.15) is 0 Å². The Labute approximate surface area is 161 Å². The Morgan fingerprint density at radius 1 is 0.964 bits per heavy atom. The van der Waals surface area contributed by atoms with E-state index >= 15 is 0 Å². The zero-order valence-corrected chi connectivity index (χ0v) is 16.0. The average Bonchev–Trinajstić information content (AvgIpc) is 2.69. The molecule has 1 heterocycles. The molecule has 0 saturated carbocycles. The van der Waals surface area contributed by atoms with Gasteiger partial charge in [0.05, 0.1) is 26.9 Å². The first-order chi connectivity index (χ1) is 13.5. The molecule has 146 valence electrons. The zero-order chi connectivity index (χ0) is 20.3. The van der Waals surface area contributed by atoms with Crippen LogP contribution in [0, 0.1) is 6.92 Å². The molecule has 3 aromatic rings. The summed E-state index contributed by atoms with van der Waals surface area (Å²) in [7, 11) is 4.40. The van der Waals surface area contributed by atoms with Crippen molar-refractivity contribution in [3.63, 3.8) is 0 Å². The number of aryl methyl sites for hydroxylation is 1. The van der Waals surface area contributed by atoms with Crippen LogP contribution in [0.1, 0.15) is 21.5 Å². The topological polar surface area (TPSA) is 84.2 Å². The molecule has 0 amide bonds. The first kappa shape index (κ1) is 19.3. The first-order valence-electron chi connectivity index (χ1n) is 8.47. The van der Waals surface area contributed by atoms with E-state index in [2.05, 4.69) is 0 Å². The van der Waals surface area contributed by atoms with Crippen LogP contribution in [0.4, 0.5) is 0 Å². The lowest BCUT2D eigenvalue weighted by molar-refractivity contribution is 0.0473. The van der Waals surface area contributed by atoms with E-state index in [4.69, 9.17) is 23.4 Å². The van der Waals surface area contributed by atoms with Crippen molar-refractivity contribution in [3.8, 4) is 17.2 Å². The number of hydrogen-bond donors (Lipinski definition) is 0. The molecule has 3 rings (SSSR count). The largest absolute Gasteiger partial charge is 0.493 e. The number of hydrogen-bond acceptors (Lipinski definition) is 7. The van der Waals surface area contributed by atoms with Crippen molar-refractivity contribution in [2.45, 2.75) is 13.5 Å². The minimum absolute atomic E-state index is 0.0827. The van der Waals surface area contributed by atoms with Crippen LogP contribution >= 0.6 is 0 Å². The molecule has 0 spiro atoms. The van der Waals surface area contributed by atoms with E-state index < -0.39 is 11.6 Å². The highest BCUT2D eigenvalue weighted by molar-refractivity contribution is 5.91. The highest BCUT2D eigenvalue weighted by atomic mass is 16.5. The van der Waals surface area contributed by atoms with Crippen LogP contribution in [-0.2, 0) is 11.3 Å². The van der Waals surface area contributed by atoms with Crippen molar-refractivity contribution in [1.82, 2.24) is 0 Å². The Bertz CT molecular complexity index is 1060. The lowest BCUT2D eigenvalue weighted by Gasteiger charge is -2.14. The molecule has 7 heteroatoms. The molecule has 0 saturated heterocycles. The van der Waals surface area contributed by atoms with Gasteiger partial charge in [-0.05, 0) is 30.7 Å². The molecular weight excluding hydrogens is 364 g/mol. The van der Waals surface area contributed by atoms with E-state index in [1.807, 2.05) is 19.1 Å². The van der Waals surface area contributed by atoms with E-state index in [-0.39, 0.29) is 12.2 Å². The first-order valence-corrected chi connectivity index (χ1v) is 8.47. The SMILES string of the molecule is COc1cc(C(=O)OCc2cc(=O)oc3cc(C)ccc23)cc(OC)c1OC. The van der Waals surface area contributed by atoms with Crippen molar-refractivity contribution in [1.29, 1.82) is 0 Å². The van der Waals surface area contributed by atoms with Crippen LogP contribution < -0.4 is 19.8 Å². The normalized spacial score (nSPS) is 10.6. The number of fused-ring (bicyclic) bond motifs is 1. The number of ether oxygens (including phenoxy) is 4. The fraction of sp³-hybridized carbons (Fsp3) is 0.238. The van der Waals surface area contributed by atoms with Crippen LogP contribution in [-0.4, -0.2) is 27.3 Å². The van der Waals surface area contributed by atoms with Gasteiger partial charge in [0.25, 0.3) is 0 Å². The fourth-order valence-electron chi connectivity index (χ4n) is 2.88. The summed E-state index contributed by atoms with van der Waals surface area (Å²) in [5.74, 6) is 0.474. The Morgan fingerprint density at radius 2 is 1.64 bits per heavy atom. The lowest BCUT2D eigenvalue weighted by Crippen LogP contribution is -2.09. The summed E-state index contributed by atoms with van der Waals surface area (Å²) in [6.07, 6.45) is 0. The Morgan fingerprint density at radius 3 is 2.25 bits per heavy atom. The van der Waals surface area contributed by atoms with Gasteiger partial charge in [0.2, 0.25) is 5.75 Å². The highest BCUT2D eigenvalue weighted by Crippen LogP contribution is 2.38. The van der Waals surface area contributed by atoms with Crippen LogP contribution in [0.2, 0.25) is 0 Å². The van der Waals surface area contributed by atoms with Gasteiger partial charge >= 0.3 is 11.6 Å². The maximum absolute atomic E-state index is 12.6. The summed E-state index contributed by atoms with van der Waals surface area (Å²) in [5, 5.41) is 0.711. The summed E-state index contributed by atoms with van der Waals surface area (Å²) in [5.41, 5.74) is 1.70. The molecular formula is C21H20O7. The molecule has 0 aliphatic carbocycles. The number of benzene rings is 2. The van der Waals surface area contributed by atoms with Crippen LogP contribution in [0.15, 0.2) is 45.6 Å².